The molecule has 0 bridgehead atoms. The molecule has 1 heterocycles. The molecule has 0 saturated heterocycles. The van der Waals surface area contributed by atoms with Gasteiger partial charge in [0, 0.05) is 5.69 Å². The number of carbonyl (C=O) groups excluding carboxylic acids is 2. The molecule has 1 amide bonds. The van der Waals surface area contributed by atoms with Gasteiger partial charge >= 0.3 is 12.1 Å². The zero-order valence-corrected chi connectivity index (χ0v) is 13.1. The Balaban J connectivity index is 0.000000243. The topological polar surface area (TPSA) is 77.8 Å². The third-order valence-electron chi connectivity index (χ3n) is 2.41. The minimum absolute atomic E-state index is 0.208. The van der Waals surface area contributed by atoms with Crippen LogP contribution < -0.4 is 5.32 Å². The molecule has 0 unspecified atom stereocenters. The van der Waals surface area contributed by atoms with Crippen LogP contribution in [0.15, 0.2) is 78.5 Å². The largest absolute Gasteiger partial charge is 0.457 e. The number of furan rings is 1. The molecule has 0 radical (unpaired) electrons. The molecule has 24 heavy (non-hydrogen) atoms. The number of carbonyl (C=O) groups is 2. The summed E-state index contributed by atoms with van der Waals surface area (Å²) in [5, 5.41) is 2.57. The number of anilines is 1. The van der Waals surface area contributed by atoms with Crippen LogP contribution in [0, 0.1) is 0 Å². The lowest BCUT2D eigenvalue weighted by atomic mass is 10.3. The van der Waals surface area contributed by atoms with Crippen molar-refractivity contribution in [3.63, 3.8) is 0 Å². The second kappa shape index (κ2) is 11.3. The number of rotatable bonds is 6. The monoisotopic (exact) mass is 329 g/mol. The Kier molecular flexibility index (Phi) is 8.84. The second-order valence-electron chi connectivity index (χ2n) is 4.24. The van der Waals surface area contributed by atoms with Crippen LogP contribution in [-0.2, 0) is 9.47 Å². The molecule has 126 valence electrons. The van der Waals surface area contributed by atoms with Gasteiger partial charge < -0.3 is 13.9 Å². The van der Waals surface area contributed by atoms with Gasteiger partial charge in [0.1, 0.15) is 13.2 Å². The maximum Gasteiger partial charge on any atom is 0.411 e. The fourth-order valence-corrected chi connectivity index (χ4v) is 1.41. The highest BCUT2D eigenvalue weighted by atomic mass is 16.5. The van der Waals surface area contributed by atoms with Crippen molar-refractivity contribution in [1.29, 1.82) is 0 Å². The van der Waals surface area contributed by atoms with Gasteiger partial charge in [0.05, 0.1) is 6.26 Å². The molecule has 2 aromatic rings. The Morgan fingerprint density at radius 3 is 2.25 bits per heavy atom. The van der Waals surface area contributed by atoms with Gasteiger partial charge in [-0.2, -0.15) is 0 Å². The van der Waals surface area contributed by atoms with E-state index in [1.54, 1.807) is 24.3 Å². The van der Waals surface area contributed by atoms with Crippen molar-refractivity contribution in [2.45, 2.75) is 0 Å². The third kappa shape index (κ3) is 7.65. The molecule has 0 aliphatic rings. The number of hydrogen-bond acceptors (Lipinski definition) is 5. The van der Waals surface area contributed by atoms with Crippen LogP contribution in [0.2, 0.25) is 0 Å². The normalized spacial score (nSPS) is 9.00. The van der Waals surface area contributed by atoms with Crippen molar-refractivity contribution in [1.82, 2.24) is 0 Å². The number of ether oxygens (including phenoxy) is 2. The van der Waals surface area contributed by atoms with Crippen LogP contribution in [-0.4, -0.2) is 25.3 Å². The van der Waals surface area contributed by atoms with Gasteiger partial charge in [0.25, 0.3) is 0 Å². The molecule has 0 saturated carbocycles. The van der Waals surface area contributed by atoms with Gasteiger partial charge in [-0.1, -0.05) is 43.5 Å². The van der Waals surface area contributed by atoms with Crippen LogP contribution in [0.1, 0.15) is 10.6 Å². The predicted octanol–water partition coefficient (Wildman–Crippen LogP) is 4.04. The van der Waals surface area contributed by atoms with Gasteiger partial charge in [0.15, 0.2) is 0 Å². The van der Waals surface area contributed by atoms with E-state index in [2.05, 4.69) is 23.2 Å². The quantitative estimate of drug-likeness (QED) is 0.639. The molecule has 6 nitrogen and oxygen atoms in total. The van der Waals surface area contributed by atoms with Crippen LogP contribution in [0.25, 0.3) is 0 Å². The first-order valence-corrected chi connectivity index (χ1v) is 7.08. The lowest BCUT2D eigenvalue weighted by molar-refractivity contribution is 0.0513. The molecule has 1 N–H and O–H groups in total. The number of esters is 1. The SMILES string of the molecule is C=CCOC(=O)Nc1ccccc1.C=CCOC(=O)c1ccco1. The molecule has 0 spiro atoms. The molecule has 1 aromatic carbocycles. The summed E-state index contributed by atoms with van der Waals surface area (Å²) >= 11 is 0. The Morgan fingerprint density at radius 2 is 1.67 bits per heavy atom. The van der Waals surface area contributed by atoms with Crippen molar-refractivity contribution in [2.75, 3.05) is 18.5 Å². The van der Waals surface area contributed by atoms with E-state index in [1.807, 2.05) is 18.2 Å². The van der Waals surface area contributed by atoms with E-state index in [0.29, 0.717) is 0 Å². The van der Waals surface area contributed by atoms with E-state index >= 15 is 0 Å². The van der Waals surface area contributed by atoms with Crippen molar-refractivity contribution in [2.24, 2.45) is 0 Å². The minimum atomic E-state index is -0.467. The number of para-hydroxylation sites is 1. The van der Waals surface area contributed by atoms with E-state index in [9.17, 15) is 9.59 Å². The van der Waals surface area contributed by atoms with Crippen LogP contribution in [0.4, 0.5) is 10.5 Å². The van der Waals surface area contributed by atoms with Crippen molar-refractivity contribution < 1.29 is 23.5 Å². The molecule has 1 aromatic heterocycles. The van der Waals surface area contributed by atoms with E-state index in [0.717, 1.165) is 5.69 Å². The number of benzene rings is 1. The highest BCUT2D eigenvalue weighted by molar-refractivity contribution is 5.86. The second-order valence-corrected chi connectivity index (χ2v) is 4.24. The average Bonchev–Trinajstić information content (AvgIpc) is 3.14. The Labute approximate surface area is 140 Å². The first-order valence-electron chi connectivity index (χ1n) is 7.08. The highest BCUT2D eigenvalue weighted by Gasteiger charge is 2.07. The zero-order chi connectivity index (χ0) is 17.6. The lowest BCUT2D eigenvalue weighted by Crippen LogP contribution is -2.13. The van der Waals surface area contributed by atoms with Gasteiger partial charge in [0.2, 0.25) is 5.76 Å². The van der Waals surface area contributed by atoms with Gasteiger partial charge in [-0.15, -0.1) is 0 Å². The lowest BCUT2D eigenvalue weighted by Gasteiger charge is -2.03. The maximum absolute atomic E-state index is 11.0. The molecular weight excluding hydrogens is 310 g/mol. The van der Waals surface area contributed by atoms with Crippen molar-refractivity contribution in [3.05, 3.63) is 79.8 Å². The van der Waals surface area contributed by atoms with Gasteiger partial charge in [-0.3, -0.25) is 5.32 Å². The fraction of sp³-hybridized carbons (Fsp3) is 0.111. The molecular formula is C18H19NO5. The zero-order valence-electron chi connectivity index (χ0n) is 13.1. The Bertz CT molecular complexity index is 635. The molecule has 0 atom stereocenters. The maximum atomic E-state index is 11.0. The van der Waals surface area contributed by atoms with E-state index in [-0.39, 0.29) is 19.0 Å². The first kappa shape index (κ1) is 18.8. The molecule has 0 fully saturated rings. The summed E-state index contributed by atoms with van der Waals surface area (Å²) < 4.78 is 14.2. The van der Waals surface area contributed by atoms with Crippen LogP contribution >= 0.6 is 0 Å². The molecule has 0 aliphatic heterocycles. The van der Waals surface area contributed by atoms with Crippen LogP contribution in [0.3, 0.4) is 0 Å². The van der Waals surface area contributed by atoms with Gasteiger partial charge in [-0.05, 0) is 24.3 Å². The summed E-state index contributed by atoms with van der Waals surface area (Å²) in [6.45, 7) is 7.27. The summed E-state index contributed by atoms with van der Waals surface area (Å²) in [4.78, 5) is 21.9. The van der Waals surface area contributed by atoms with Crippen molar-refractivity contribution >= 4 is 17.7 Å². The summed E-state index contributed by atoms with van der Waals surface area (Å²) in [5.41, 5.74) is 0.719. The number of nitrogens with one attached hydrogen (secondary N) is 1. The Hall–Kier alpha value is -3.28. The Morgan fingerprint density at radius 1 is 1.00 bits per heavy atom. The number of hydrogen-bond donors (Lipinski definition) is 1. The summed E-state index contributed by atoms with van der Waals surface area (Å²) in [5.74, 6) is -0.248. The molecule has 2 rings (SSSR count). The average molecular weight is 329 g/mol. The summed E-state index contributed by atoms with van der Waals surface area (Å²) in [6.07, 6.45) is 3.97. The summed E-state index contributed by atoms with van der Waals surface area (Å²) in [7, 11) is 0. The highest BCUT2D eigenvalue weighted by Crippen LogP contribution is 2.05. The fourth-order valence-electron chi connectivity index (χ4n) is 1.41. The van der Waals surface area contributed by atoms with Gasteiger partial charge in [-0.25, -0.2) is 9.59 Å². The number of amides is 1. The first-order chi connectivity index (χ1) is 11.7. The minimum Gasteiger partial charge on any atom is -0.457 e. The summed E-state index contributed by atoms with van der Waals surface area (Å²) in [6, 6.07) is 12.3. The standard InChI is InChI=1S/C10H11NO2.C8H8O3/c1-2-8-13-10(12)11-9-6-4-3-5-7-9;1-2-5-11-8(9)7-4-3-6-10-7/h2-7H,1,8H2,(H,11,12);2-4,6H,1,5H2. The van der Waals surface area contributed by atoms with Crippen molar-refractivity contribution in [3.8, 4) is 0 Å². The van der Waals surface area contributed by atoms with E-state index in [1.165, 1.54) is 18.4 Å². The van der Waals surface area contributed by atoms with E-state index < -0.39 is 12.1 Å². The van der Waals surface area contributed by atoms with Crippen LogP contribution in [0.5, 0.6) is 0 Å². The smallest absolute Gasteiger partial charge is 0.411 e. The van der Waals surface area contributed by atoms with E-state index in [4.69, 9.17) is 9.15 Å². The third-order valence-corrected chi connectivity index (χ3v) is 2.41. The molecule has 0 aliphatic carbocycles. The predicted molar refractivity (Wildman–Crippen MR) is 90.8 cm³/mol. The molecule has 6 heteroatoms.